The molecule has 3 aromatic rings. The Balaban J connectivity index is 1.38. The number of carbonyl (C=O) groups is 5. The molecule has 21 heteroatoms. The van der Waals surface area contributed by atoms with Crippen LogP contribution in [0.15, 0.2) is 47.6 Å². The van der Waals surface area contributed by atoms with Gasteiger partial charge in [0.15, 0.2) is 0 Å². The van der Waals surface area contributed by atoms with Crippen LogP contribution in [0.5, 0.6) is 0 Å². The number of halogens is 6. The number of hydrogen-bond acceptors (Lipinski definition) is 10. The number of aliphatic imine (C=N–C) groups is 1. The third kappa shape index (κ3) is 9.04. The van der Waals surface area contributed by atoms with Gasteiger partial charge in [0.25, 0.3) is 23.3 Å². The predicted molar refractivity (Wildman–Crippen MR) is 202 cm³/mol. The zero-order valence-electron chi connectivity index (χ0n) is 33.2. The molecule has 15 nitrogen and oxygen atoms in total. The lowest BCUT2D eigenvalue weighted by molar-refractivity contribution is -0.376. The third-order valence-corrected chi connectivity index (χ3v) is 11.8. The van der Waals surface area contributed by atoms with Gasteiger partial charge in [-0.05, 0) is 55.2 Å². The SMILES string of the molecule is CC(C)(O)c1cnnn1[C@H]1C[C@@H](C(=O)NC2(C(=O)C(N)=O)CCOCC2)N(C(=O)/C(CC2CCCCC2)=N/C(=O)c2ccc3cc(C(O)(C(F)(F)F)C(F)(F)F)ccc3c2)C1. The maximum Gasteiger partial charge on any atom is 0.430 e. The van der Waals surface area contributed by atoms with Gasteiger partial charge >= 0.3 is 12.4 Å². The number of primary amides is 1. The average Bonchev–Trinajstić information content (AvgIpc) is 3.88. The van der Waals surface area contributed by atoms with E-state index in [1.807, 2.05) is 0 Å². The van der Waals surface area contributed by atoms with Gasteiger partial charge in [0.1, 0.15) is 22.9 Å². The summed E-state index contributed by atoms with van der Waals surface area (Å²) in [6.45, 7) is 2.81. The van der Waals surface area contributed by atoms with E-state index in [-0.39, 0.29) is 79.1 Å². The molecule has 2 saturated heterocycles. The van der Waals surface area contributed by atoms with E-state index in [0.29, 0.717) is 25.0 Å². The minimum absolute atomic E-state index is 0.00414. The number of carbonyl (C=O) groups excluding carboxylic acids is 5. The van der Waals surface area contributed by atoms with Crippen molar-refractivity contribution in [1.82, 2.24) is 25.2 Å². The Morgan fingerprint density at radius 2 is 1.56 bits per heavy atom. The lowest BCUT2D eigenvalue weighted by Crippen LogP contribution is -2.63. The molecule has 3 aliphatic rings. The number of likely N-dealkylation sites (tertiary alicyclic amines) is 1. The zero-order chi connectivity index (χ0) is 44.7. The summed E-state index contributed by atoms with van der Waals surface area (Å²) in [6, 6.07) is 3.10. The quantitative estimate of drug-likeness (QED) is 0.123. The average molecular weight is 866 g/mol. The lowest BCUT2D eigenvalue weighted by atomic mass is 9.84. The van der Waals surface area contributed by atoms with Crippen molar-refractivity contribution >= 4 is 45.9 Å². The van der Waals surface area contributed by atoms with Gasteiger partial charge in [-0.2, -0.15) is 26.3 Å². The Kier molecular flexibility index (Phi) is 12.5. The second-order valence-corrected chi connectivity index (χ2v) is 16.4. The number of nitrogens with two attached hydrogens (primary N) is 1. The Morgan fingerprint density at radius 3 is 2.16 bits per heavy atom. The number of rotatable bonds is 11. The van der Waals surface area contributed by atoms with E-state index in [1.165, 1.54) is 35.7 Å². The first-order valence-corrected chi connectivity index (χ1v) is 19.7. The Bertz CT molecular complexity index is 2210. The van der Waals surface area contributed by atoms with Crippen LogP contribution in [0.2, 0.25) is 0 Å². The van der Waals surface area contributed by atoms with E-state index in [2.05, 4.69) is 20.6 Å². The molecule has 0 unspecified atom stereocenters. The predicted octanol–water partition coefficient (Wildman–Crippen LogP) is 4.08. The fourth-order valence-corrected chi connectivity index (χ4v) is 8.39. The van der Waals surface area contributed by atoms with Gasteiger partial charge in [0.05, 0.1) is 17.9 Å². The van der Waals surface area contributed by atoms with Crippen molar-refractivity contribution in [2.24, 2.45) is 16.6 Å². The zero-order valence-corrected chi connectivity index (χ0v) is 33.2. The number of nitrogens with one attached hydrogen (secondary N) is 1. The summed E-state index contributed by atoms with van der Waals surface area (Å²) in [6.07, 6.45) is -7.15. The topological polar surface area (TPSA) is 219 Å². The van der Waals surface area contributed by atoms with Gasteiger partial charge < -0.3 is 30.9 Å². The van der Waals surface area contributed by atoms with Crippen molar-refractivity contribution in [3.05, 3.63) is 59.4 Å². The van der Waals surface area contributed by atoms with Gasteiger partial charge in [0.2, 0.25) is 11.7 Å². The van der Waals surface area contributed by atoms with Gasteiger partial charge in [-0.15, -0.1) is 5.10 Å². The normalized spacial score (nSPS) is 20.8. The second-order valence-electron chi connectivity index (χ2n) is 16.4. The molecule has 5 N–H and O–H groups in total. The van der Waals surface area contributed by atoms with Crippen molar-refractivity contribution < 1.29 is 65.3 Å². The number of fused-ring (bicyclic) bond motifs is 1. The molecule has 1 saturated carbocycles. The standard InChI is InChI=1S/C40H45F6N7O8/c1-36(2,59)30-20-48-51-53(30)27-19-29(34(57)50-37(31(54)32(47)55)12-14-61-15-13-37)52(21-27)35(58)28(16-22-6-4-3-5-7-22)49-33(56)25-9-8-24-18-26(11-10-23(24)17-25)38(60,39(41,42)43)40(44,45)46/h8-11,17-18,20,22,27,29,59-60H,3-7,12-16,19,21H2,1-2H3,(H2,47,55)(H,50,57)/b49-28+/t27-,29-/m0/s1. The van der Waals surface area contributed by atoms with Crippen molar-refractivity contribution in [2.75, 3.05) is 19.8 Å². The molecule has 2 aliphatic heterocycles. The molecule has 2 aromatic carbocycles. The van der Waals surface area contributed by atoms with Crippen molar-refractivity contribution in [2.45, 2.75) is 113 Å². The molecule has 330 valence electrons. The largest absolute Gasteiger partial charge is 0.430 e. The smallest absolute Gasteiger partial charge is 0.384 e. The summed E-state index contributed by atoms with van der Waals surface area (Å²) in [5, 5.41) is 31.4. The van der Waals surface area contributed by atoms with Crippen molar-refractivity contribution in [3.8, 4) is 0 Å². The molecule has 4 amide bonds. The molecule has 3 heterocycles. The van der Waals surface area contributed by atoms with Crippen LogP contribution in [0, 0.1) is 5.92 Å². The number of alkyl halides is 6. The maximum atomic E-state index is 14.8. The molecular weight excluding hydrogens is 820 g/mol. The van der Waals surface area contributed by atoms with Gasteiger partial charge in [-0.3, -0.25) is 24.0 Å². The van der Waals surface area contributed by atoms with Crippen LogP contribution < -0.4 is 11.1 Å². The first kappa shape index (κ1) is 45.3. The number of Topliss-reactive ketones (excluding diaryl/α,β-unsaturated/α-hetero) is 1. The number of ketones is 1. The summed E-state index contributed by atoms with van der Waals surface area (Å²) in [5.41, 5.74) is -4.62. The number of benzene rings is 2. The minimum atomic E-state index is -6.11. The molecule has 1 aliphatic carbocycles. The molecule has 2 atom stereocenters. The van der Waals surface area contributed by atoms with Crippen LogP contribution >= 0.6 is 0 Å². The summed E-state index contributed by atoms with van der Waals surface area (Å²) < 4.78 is 88.3. The Hall–Kier alpha value is -5.28. The second kappa shape index (κ2) is 16.9. The number of ether oxygens (including phenoxy) is 1. The summed E-state index contributed by atoms with van der Waals surface area (Å²) in [5.74, 6) is -5.05. The van der Waals surface area contributed by atoms with Crippen LogP contribution in [0.25, 0.3) is 10.8 Å². The lowest BCUT2D eigenvalue weighted by Gasteiger charge is -2.37. The molecule has 1 aromatic heterocycles. The molecular formula is C40H45F6N7O8. The van der Waals surface area contributed by atoms with Crippen LogP contribution in [0.1, 0.15) is 99.3 Å². The van der Waals surface area contributed by atoms with E-state index >= 15 is 0 Å². The summed E-state index contributed by atoms with van der Waals surface area (Å²) in [7, 11) is 0. The van der Waals surface area contributed by atoms with Gasteiger partial charge in [0, 0.05) is 50.1 Å². The fraction of sp³-hybridized carbons (Fsp3) is 0.550. The highest BCUT2D eigenvalue weighted by Crippen LogP contribution is 2.50. The first-order chi connectivity index (χ1) is 28.5. The van der Waals surface area contributed by atoms with Crippen LogP contribution in [0.4, 0.5) is 26.3 Å². The number of hydrogen-bond donors (Lipinski definition) is 4. The molecule has 0 radical (unpaired) electrons. The minimum Gasteiger partial charge on any atom is -0.384 e. The van der Waals surface area contributed by atoms with Crippen molar-refractivity contribution in [3.63, 3.8) is 0 Å². The third-order valence-electron chi connectivity index (χ3n) is 11.8. The van der Waals surface area contributed by atoms with E-state index < -0.39 is 76.2 Å². The molecule has 0 spiro atoms. The van der Waals surface area contributed by atoms with Gasteiger partial charge in [-0.1, -0.05) is 55.5 Å². The first-order valence-electron chi connectivity index (χ1n) is 19.7. The molecule has 6 rings (SSSR count). The number of aliphatic hydroxyl groups is 2. The van der Waals surface area contributed by atoms with E-state index in [1.54, 1.807) is 0 Å². The highest BCUT2D eigenvalue weighted by atomic mass is 19.4. The van der Waals surface area contributed by atoms with Crippen LogP contribution in [0.3, 0.4) is 0 Å². The molecule has 3 fully saturated rings. The van der Waals surface area contributed by atoms with Gasteiger partial charge in [-0.25, -0.2) is 9.67 Å². The molecule has 61 heavy (non-hydrogen) atoms. The van der Waals surface area contributed by atoms with E-state index in [9.17, 15) is 60.5 Å². The fourth-order valence-electron chi connectivity index (χ4n) is 8.39. The highest BCUT2D eigenvalue weighted by Gasteiger charge is 2.71. The van der Waals surface area contributed by atoms with E-state index in [4.69, 9.17) is 10.5 Å². The number of amides is 4. The van der Waals surface area contributed by atoms with Crippen molar-refractivity contribution in [1.29, 1.82) is 0 Å². The highest BCUT2D eigenvalue weighted by molar-refractivity contribution is 6.41. The number of nitrogens with zero attached hydrogens (tertiary/aromatic N) is 5. The van der Waals surface area contributed by atoms with Crippen LogP contribution in [-0.4, -0.2) is 109 Å². The monoisotopic (exact) mass is 865 g/mol. The summed E-state index contributed by atoms with van der Waals surface area (Å²) in [4.78, 5) is 73.8. The summed E-state index contributed by atoms with van der Waals surface area (Å²) >= 11 is 0. The Morgan fingerprint density at radius 1 is 0.934 bits per heavy atom. The molecule has 0 bridgehead atoms. The maximum absolute atomic E-state index is 14.8. The van der Waals surface area contributed by atoms with E-state index in [0.717, 1.165) is 37.5 Å². The van der Waals surface area contributed by atoms with Crippen LogP contribution in [-0.2, 0) is 35.1 Å². The number of aromatic nitrogens is 3. The Labute approximate surface area is 344 Å².